The molecule has 0 aromatic heterocycles. The Morgan fingerprint density at radius 3 is 1.42 bits per heavy atom. The highest BCUT2D eigenvalue weighted by molar-refractivity contribution is 5.98. The summed E-state index contributed by atoms with van der Waals surface area (Å²) >= 11 is 0. The van der Waals surface area contributed by atoms with Crippen LogP contribution in [0.4, 0.5) is 0 Å². The number of nitrogens with one attached hydrogen (secondary N) is 8. The third-order valence-corrected chi connectivity index (χ3v) is 12.7. The zero-order chi connectivity index (χ0) is 53.0. The largest absolute Gasteiger partial charge is 0.480 e. The molecule has 0 spiro atoms. The fourth-order valence-corrected chi connectivity index (χ4v) is 8.53. The Balaban J connectivity index is 2.26. The molecule has 2 aliphatic heterocycles. The first kappa shape index (κ1) is 62.1. The Labute approximate surface area is 418 Å². The van der Waals surface area contributed by atoms with Crippen LogP contribution in [0.15, 0.2) is 0 Å². The SMILES string of the molecule is CC(C)CC(NC(=O)C(CCCCN)NC(=O)C(C)NC(=O)C(CCCCN)NC(=O)C(CCCCN)NC(=O)C1CCCN1C(=O)C(NC(=O)C(CCCCN)NC(=O)C1CCCN1)C(C)O)C(=O)O. The number of amides is 8. The first-order valence-electron chi connectivity index (χ1n) is 25.7. The number of hydrogen-bond donors (Lipinski definition) is 14. The van der Waals surface area contributed by atoms with Crippen LogP contribution >= 0.6 is 0 Å². The third-order valence-electron chi connectivity index (χ3n) is 12.7. The summed E-state index contributed by atoms with van der Waals surface area (Å²) in [5.41, 5.74) is 22.8. The van der Waals surface area contributed by atoms with Crippen molar-refractivity contribution < 1.29 is 53.4 Å². The van der Waals surface area contributed by atoms with Gasteiger partial charge in [-0.1, -0.05) is 13.8 Å². The van der Waals surface area contributed by atoms with E-state index in [4.69, 9.17) is 22.9 Å². The molecule has 0 aliphatic carbocycles. The molecule has 10 atom stereocenters. The van der Waals surface area contributed by atoms with Crippen molar-refractivity contribution in [3.63, 3.8) is 0 Å². The van der Waals surface area contributed by atoms with E-state index in [1.54, 1.807) is 0 Å². The maximum atomic E-state index is 14.2. The molecule has 0 bridgehead atoms. The monoisotopic (exact) mass is 1010 g/mol. The van der Waals surface area contributed by atoms with Gasteiger partial charge in [0.25, 0.3) is 0 Å². The summed E-state index contributed by atoms with van der Waals surface area (Å²) in [4.78, 5) is 123. The molecule has 2 saturated heterocycles. The smallest absolute Gasteiger partial charge is 0.326 e. The summed E-state index contributed by atoms with van der Waals surface area (Å²) in [5.74, 6) is -6.58. The Bertz CT molecular complexity index is 1720. The van der Waals surface area contributed by atoms with E-state index in [0.717, 1.165) is 6.42 Å². The van der Waals surface area contributed by atoms with Crippen LogP contribution in [0.3, 0.4) is 0 Å². The highest BCUT2D eigenvalue weighted by atomic mass is 16.4. The molecule has 24 heteroatoms. The van der Waals surface area contributed by atoms with Crippen LogP contribution in [0.25, 0.3) is 0 Å². The van der Waals surface area contributed by atoms with Gasteiger partial charge in [-0.25, -0.2) is 4.79 Å². The number of hydrogen-bond acceptors (Lipinski definition) is 15. The fourth-order valence-electron chi connectivity index (χ4n) is 8.53. The molecular weight excluding hydrogens is 923 g/mol. The number of nitrogens with two attached hydrogens (primary N) is 4. The van der Waals surface area contributed by atoms with Crippen molar-refractivity contribution in [3.05, 3.63) is 0 Å². The van der Waals surface area contributed by atoms with Gasteiger partial charge < -0.3 is 80.6 Å². The summed E-state index contributed by atoms with van der Waals surface area (Å²) in [6, 6.07) is -9.99. The number of carboxylic acid groups (broad SMARTS) is 1. The second kappa shape index (κ2) is 33.6. The Hall–Kier alpha value is -5.01. The number of carbonyl (C=O) groups is 9. The minimum atomic E-state index is -1.48. The summed E-state index contributed by atoms with van der Waals surface area (Å²) in [7, 11) is 0. The Kier molecular flexibility index (Phi) is 29.4. The first-order chi connectivity index (χ1) is 33.8. The van der Waals surface area contributed by atoms with Crippen LogP contribution in [-0.4, -0.2) is 168 Å². The van der Waals surface area contributed by atoms with E-state index in [9.17, 15) is 53.4 Å². The average Bonchev–Trinajstić information content (AvgIpc) is 4.05. The molecule has 0 aromatic rings. The Morgan fingerprint density at radius 2 is 0.986 bits per heavy atom. The van der Waals surface area contributed by atoms with Gasteiger partial charge in [-0.15, -0.1) is 0 Å². The van der Waals surface area contributed by atoms with Crippen molar-refractivity contribution in [2.45, 2.75) is 197 Å². The number of unbranched alkanes of at least 4 members (excludes halogenated alkanes) is 4. The van der Waals surface area contributed by atoms with Crippen LogP contribution in [0, 0.1) is 5.92 Å². The van der Waals surface area contributed by atoms with E-state index in [-0.39, 0.29) is 56.9 Å². The van der Waals surface area contributed by atoms with Crippen molar-refractivity contribution in [1.29, 1.82) is 0 Å². The van der Waals surface area contributed by atoms with E-state index in [1.807, 2.05) is 13.8 Å². The van der Waals surface area contributed by atoms with E-state index < -0.39 is 108 Å². The number of likely N-dealkylation sites (tertiary alicyclic amines) is 1. The second-order valence-corrected chi connectivity index (χ2v) is 19.2. The number of rotatable bonds is 35. The van der Waals surface area contributed by atoms with Crippen molar-refractivity contribution in [2.75, 3.05) is 39.3 Å². The van der Waals surface area contributed by atoms with Gasteiger partial charge in [-0.3, -0.25) is 38.4 Å². The number of aliphatic hydroxyl groups is 1. The predicted molar refractivity (Wildman–Crippen MR) is 265 cm³/mol. The molecule has 10 unspecified atom stereocenters. The van der Waals surface area contributed by atoms with Crippen LogP contribution in [0.1, 0.15) is 137 Å². The molecule has 0 aromatic carbocycles. The van der Waals surface area contributed by atoms with Gasteiger partial charge in [0.15, 0.2) is 0 Å². The lowest BCUT2D eigenvalue weighted by atomic mass is 10.0. The zero-order valence-corrected chi connectivity index (χ0v) is 42.4. The van der Waals surface area contributed by atoms with Crippen LogP contribution in [0.5, 0.6) is 0 Å². The highest BCUT2D eigenvalue weighted by Crippen LogP contribution is 2.21. The number of aliphatic hydroxyl groups excluding tert-OH is 1. The molecule has 406 valence electrons. The summed E-state index contributed by atoms with van der Waals surface area (Å²) < 4.78 is 0. The van der Waals surface area contributed by atoms with Crippen molar-refractivity contribution in [3.8, 4) is 0 Å². The lowest BCUT2D eigenvalue weighted by Gasteiger charge is -2.32. The highest BCUT2D eigenvalue weighted by Gasteiger charge is 2.41. The minimum absolute atomic E-state index is 0.0451. The van der Waals surface area contributed by atoms with Gasteiger partial charge in [0.2, 0.25) is 47.3 Å². The number of nitrogens with zero attached hydrogens (tertiary/aromatic N) is 1. The lowest BCUT2D eigenvalue weighted by molar-refractivity contribution is -0.144. The molecule has 24 nitrogen and oxygen atoms in total. The van der Waals surface area contributed by atoms with Crippen LogP contribution < -0.4 is 65.5 Å². The van der Waals surface area contributed by atoms with E-state index in [0.29, 0.717) is 96.9 Å². The van der Waals surface area contributed by atoms with Gasteiger partial charge >= 0.3 is 5.97 Å². The van der Waals surface area contributed by atoms with Crippen LogP contribution in [0.2, 0.25) is 0 Å². The standard InChI is InChI=1S/C47H87N13O11/c1-28(2)27-36(47(70)71)58-43(66)33(16-6-10-22-49)54-39(62)29(3)53-41(64)32(15-5-9-21-48)56-42(65)34(17-7-11-23-50)57-45(68)37-20-14-26-60(37)46(69)38(30(4)61)59-44(67)35(18-8-12-24-51)55-40(63)31-19-13-25-52-31/h28-38,52,61H,5-27,48-51H2,1-4H3,(H,53,64)(H,54,62)(H,55,63)(H,56,65)(H,57,68)(H,58,66)(H,59,67)(H,70,71). The quantitative estimate of drug-likeness (QED) is 0.0285. The average molecular weight is 1010 g/mol. The molecule has 2 aliphatic rings. The minimum Gasteiger partial charge on any atom is -0.480 e. The van der Waals surface area contributed by atoms with Gasteiger partial charge in [-0.2, -0.15) is 0 Å². The molecule has 71 heavy (non-hydrogen) atoms. The van der Waals surface area contributed by atoms with Gasteiger partial charge in [0.05, 0.1) is 12.1 Å². The van der Waals surface area contributed by atoms with Gasteiger partial charge in [0.1, 0.15) is 48.3 Å². The zero-order valence-electron chi connectivity index (χ0n) is 42.4. The molecular formula is C47H87N13O11. The van der Waals surface area contributed by atoms with Crippen molar-refractivity contribution in [1.82, 2.24) is 47.4 Å². The van der Waals surface area contributed by atoms with E-state index in [2.05, 4.69) is 42.5 Å². The number of carbonyl (C=O) groups excluding carboxylic acids is 8. The number of carboxylic acids is 1. The van der Waals surface area contributed by atoms with Gasteiger partial charge in [0, 0.05) is 6.54 Å². The van der Waals surface area contributed by atoms with Gasteiger partial charge in [-0.05, 0) is 162 Å². The molecule has 2 rings (SSSR count). The lowest BCUT2D eigenvalue weighted by Crippen LogP contribution is -2.61. The maximum absolute atomic E-state index is 14.2. The van der Waals surface area contributed by atoms with Crippen LogP contribution in [-0.2, 0) is 43.2 Å². The number of aliphatic carboxylic acids is 1. The summed E-state index contributed by atoms with van der Waals surface area (Å²) in [6.07, 6.45) is 5.30. The Morgan fingerprint density at radius 1 is 0.549 bits per heavy atom. The van der Waals surface area contributed by atoms with Crippen molar-refractivity contribution in [2.24, 2.45) is 28.9 Å². The maximum Gasteiger partial charge on any atom is 0.326 e. The molecule has 2 heterocycles. The molecule has 0 saturated carbocycles. The molecule has 8 amide bonds. The fraction of sp³-hybridized carbons (Fsp3) is 0.809. The third kappa shape index (κ3) is 22.1. The van der Waals surface area contributed by atoms with E-state index in [1.165, 1.54) is 18.7 Å². The summed E-state index contributed by atoms with van der Waals surface area (Å²) in [5, 5.41) is 42.3. The topological polar surface area (TPSA) is 398 Å². The molecule has 0 radical (unpaired) electrons. The molecule has 2 fully saturated rings. The van der Waals surface area contributed by atoms with E-state index >= 15 is 0 Å². The first-order valence-corrected chi connectivity index (χ1v) is 25.7. The predicted octanol–water partition coefficient (Wildman–Crippen LogP) is -2.83. The summed E-state index contributed by atoms with van der Waals surface area (Å²) in [6.45, 7) is 8.43. The molecule has 18 N–H and O–H groups in total. The second-order valence-electron chi connectivity index (χ2n) is 19.2. The van der Waals surface area contributed by atoms with Crippen molar-refractivity contribution >= 4 is 53.2 Å². The normalized spacial score (nSPS) is 19.0.